The molecule has 0 radical (unpaired) electrons. The summed E-state index contributed by atoms with van der Waals surface area (Å²) >= 11 is 0. The maximum absolute atomic E-state index is 13.1. The first-order chi connectivity index (χ1) is 15.3. The second kappa shape index (κ2) is 8.57. The maximum Gasteiger partial charge on any atom is 0.163 e. The Labute approximate surface area is 183 Å². The van der Waals surface area contributed by atoms with Crippen LogP contribution in [0.5, 0.6) is 0 Å². The zero-order valence-corrected chi connectivity index (χ0v) is 17.4. The summed E-state index contributed by atoms with van der Waals surface area (Å²) in [5, 5.41) is 5.04. The van der Waals surface area contributed by atoms with Crippen LogP contribution in [0.2, 0.25) is 0 Å². The van der Waals surface area contributed by atoms with Gasteiger partial charge in [0.25, 0.3) is 0 Å². The number of benzene rings is 5. The highest BCUT2D eigenvalue weighted by molar-refractivity contribution is 6.02. The van der Waals surface area contributed by atoms with Crippen molar-refractivity contribution in [3.63, 3.8) is 0 Å². The van der Waals surface area contributed by atoms with Crippen molar-refractivity contribution >= 4 is 27.3 Å². The van der Waals surface area contributed by atoms with Gasteiger partial charge in [0.2, 0.25) is 0 Å². The second-order valence-electron chi connectivity index (χ2n) is 8.10. The molecule has 0 fully saturated rings. The largest absolute Gasteiger partial charge is 0.294 e. The molecule has 31 heavy (non-hydrogen) atoms. The zero-order chi connectivity index (χ0) is 21.0. The Morgan fingerprint density at radius 3 is 1.74 bits per heavy atom. The van der Waals surface area contributed by atoms with E-state index in [0.717, 1.165) is 12.0 Å². The molecule has 0 aliphatic carbocycles. The van der Waals surface area contributed by atoms with Crippen LogP contribution in [0.1, 0.15) is 33.8 Å². The molecule has 5 aromatic carbocycles. The summed E-state index contributed by atoms with van der Waals surface area (Å²) in [4.78, 5) is 13.1. The minimum atomic E-state index is 0.114. The minimum absolute atomic E-state index is 0.114. The molecule has 1 heteroatoms. The highest BCUT2D eigenvalue weighted by atomic mass is 16.1. The summed E-state index contributed by atoms with van der Waals surface area (Å²) in [6, 6.07) is 39.5. The molecule has 5 rings (SSSR count). The van der Waals surface area contributed by atoms with Crippen molar-refractivity contribution in [2.24, 2.45) is 0 Å². The van der Waals surface area contributed by atoms with Crippen LogP contribution in [0.4, 0.5) is 0 Å². The Balaban J connectivity index is 1.61. The van der Waals surface area contributed by atoms with Crippen LogP contribution in [0.15, 0.2) is 115 Å². The van der Waals surface area contributed by atoms with Crippen LogP contribution in [-0.2, 0) is 6.42 Å². The molecular formula is C30H24O. The predicted molar refractivity (Wildman–Crippen MR) is 130 cm³/mol. The Bertz CT molecular complexity index is 1280. The maximum atomic E-state index is 13.1. The highest BCUT2D eigenvalue weighted by Gasteiger charge is 2.20. The van der Waals surface area contributed by atoms with E-state index in [1.54, 1.807) is 0 Å². The highest BCUT2D eigenvalue weighted by Crippen LogP contribution is 2.34. The van der Waals surface area contributed by atoms with E-state index in [-0.39, 0.29) is 11.7 Å². The van der Waals surface area contributed by atoms with Crippen LogP contribution in [0, 0.1) is 0 Å². The number of hydrogen-bond donors (Lipinski definition) is 0. The second-order valence-corrected chi connectivity index (χ2v) is 8.10. The van der Waals surface area contributed by atoms with Crippen molar-refractivity contribution in [2.45, 2.75) is 18.8 Å². The topological polar surface area (TPSA) is 17.1 Å². The fraction of sp³-hybridized carbons (Fsp3) is 0.100. The van der Waals surface area contributed by atoms with E-state index in [4.69, 9.17) is 0 Å². The fourth-order valence-electron chi connectivity index (χ4n) is 4.57. The minimum Gasteiger partial charge on any atom is -0.294 e. The van der Waals surface area contributed by atoms with Crippen molar-refractivity contribution in [1.82, 2.24) is 0 Å². The van der Waals surface area contributed by atoms with Gasteiger partial charge < -0.3 is 0 Å². The van der Waals surface area contributed by atoms with Gasteiger partial charge in [-0.25, -0.2) is 0 Å². The van der Waals surface area contributed by atoms with E-state index >= 15 is 0 Å². The lowest BCUT2D eigenvalue weighted by atomic mass is 9.83. The molecule has 0 unspecified atom stereocenters. The average Bonchev–Trinajstić information content (AvgIpc) is 2.84. The molecule has 0 saturated heterocycles. The molecule has 0 spiro atoms. The molecule has 0 aliphatic heterocycles. The van der Waals surface area contributed by atoms with Crippen LogP contribution < -0.4 is 0 Å². The van der Waals surface area contributed by atoms with Crippen molar-refractivity contribution < 1.29 is 4.79 Å². The Kier molecular flexibility index (Phi) is 5.33. The van der Waals surface area contributed by atoms with Crippen LogP contribution in [-0.4, -0.2) is 5.78 Å². The molecule has 1 atom stereocenters. The van der Waals surface area contributed by atoms with Gasteiger partial charge in [-0.15, -0.1) is 0 Å². The molecule has 0 aliphatic rings. The van der Waals surface area contributed by atoms with Gasteiger partial charge in [0.05, 0.1) is 0 Å². The van der Waals surface area contributed by atoms with Crippen molar-refractivity contribution in [2.75, 3.05) is 0 Å². The first-order valence-electron chi connectivity index (χ1n) is 10.8. The van der Waals surface area contributed by atoms with Gasteiger partial charge in [0.1, 0.15) is 0 Å². The molecule has 1 nitrogen and oxygen atoms in total. The number of carbonyl (C=O) groups excluding carboxylic acids is 1. The Hall–Kier alpha value is -3.71. The van der Waals surface area contributed by atoms with E-state index in [0.29, 0.717) is 6.42 Å². The van der Waals surface area contributed by atoms with Gasteiger partial charge in [0.15, 0.2) is 5.78 Å². The third-order valence-electron chi connectivity index (χ3n) is 6.13. The van der Waals surface area contributed by atoms with Gasteiger partial charge in [-0.3, -0.25) is 4.79 Å². The van der Waals surface area contributed by atoms with Crippen molar-refractivity contribution in [1.29, 1.82) is 0 Å². The molecule has 0 bridgehead atoms. The molecule has 0 amide bonds. The van der Waals surface area contributed by atoms with Crippen LogP contribution in [0.3, 0.4) is 0 Å². The SMILES string of the molecule is O=C(C[C@H](Cc1c2ccccc2cc2ccccc12)c1ccccc1)c1ccccc1. The number of ketones is 1. The number of rotatable bonds is 6. The van der Waals surface area contributed by atoms with E-state index in [1.165, 1.54) is 32.7 Å². The van der Waals surface area contributed by atoms with E-state index < -0.39 is 0 Å². The summed E-state index contributed by atoms with van der Waals surface area (Å²) in [6.45, 7) is 0. The number of fused-ring (bicyclic) bond motifs is 2. The molecule has 5 aromatic rings. The first-order valence-corrected chi connectivity index (χ1v) is 10.8. The molecular weight excluding hydrogens is 376 g/mol. The van der Waals surface area contributed by atoms with Gasteiger partial charge in [0, 0.05) is 12.0 Å². The van der Waals surface area contributed by atoms with Crippen LogP contribution in [0.25, 0.3) is 21.5 Å². The van der Waals surface area contributed by atoms with E-state index in [2.05, 4.69) is 78.9 Å². The summed E-state index contributed by atoms with van der Waals surface area (Å²) in [6.07, 6.45) is 1.32. The lowest BCUT2D eigenvalue weighted by molar-refractivity contribution is 0.0973. The Morgan fingerprint density at radius 2 is 1.13 bits per heavy atom. The number of hydrogen-bond acceptors (Lipinski definition) is 1. The molecule has 0 aromatic heterocycles. The summed E-state index contributed by atoms with van der Waals surface area (Å²) in [5.41, 5.74) is 3.32. The van der Waals surface area contributed by atoms with Crippen LogP contribution >= 0.6 is 0 Å². The predicted octanol–water partition coefficient (Wildman–Crippen LogP) is 7.59. The van der Waals surface area contributed by atoms with Gasteiger partial charge in [-0.2, -0.15) is 0 Å². The molecule has 0 heterocycles. The standard InChI is InChI=1S/C30H24O/c31-30(23-13-5-2-6-14-23)21-26(22-11-3-1-4-12-22)20-29-27-17-9-7-15-24(27)19-25-16-8-10-18-28(25)29/h1-19,26H,20-21H2/t26-/m0/s1. The summed E-state index contributed by atoms with van der Waals surface area (Å²) in [7, 11) is 0. The molecule has 150 valence electrons. The van der Waals surface area contributed by atoms with Gasteiger partial charge in [-0.05, 0) is 51.1 Å². The lowest BCUT2D eigenvalue weighted by Crippen LogP contribution is -2.11. The fourth-order valence-corrected chi connectivity index (χ4v) is 4.57. The van der Waals surface area contributed by atoms with Gasteiger partial charge >= 0.3 is 0 Å². The monoisotopic (exact) mass is 400 g/mol. The third kappa shape index (κ3) is 4.00. The number of Topliss-reactive ketones (excluding diaryl/α,β-unsaturated/α-hetero) is 1. The molecule has 0 saturated carbocycles. The zero-order valence-electron chi connectivity index (χ0n) is 17.4. The lowest BCUT2D eigenvalue weighted by Gasteiger charge is -2.20. The smallest absolute Gasteiger partial charge is 0.163 e. The number of carbonyl (C=O) groups is 1. The van der Waals surface area contributed by atoms with E-state index in [1.807, 2.05) is 36.4 Å². The average molecular weight is 401 g/mol. The quantitative estimate of drug-likeness (QED) is 0.212. The van der Waals surface area contributed by atoms with E-state index in [9.17, 15) is 4.79 Å². The Morgan fingerprint density at radius 1 is 0.613 bits per heavy atom. The first kappa shape index (κ1) is 19.3. The summed E-state index contributed by atoms with van der Waals surface area (Å²) < 4.78 is 0. The third-order valence-corrected chi connectivity index (χ3v) is 6.13. The van der Waals surface area contributed by atoms with Crippen molar-refractivity contribution in [3.05, 3.63) is 132 Å². The normalized spacial score (nSPS) is 12.1. The summed E-state index contributed by atoms with van der Waals surface area (Å²) in [5.74, 6) is 0.308. The molecule has 0 N–H and O–H groups in total. The van der Waals surface area contributed by atoms with Gasteiger partial charge in [-0.1, -0.05) is 109 Å². The van der Waals surface area contributed by atoms with Crippen molar-refractivity contribution in [3.8, 4) is 0 Å².